The molecule has 178 valence electrons. The molecule has 2 aliphatic rings. The number of carbonyl (C=O) groups is 2. The van der Waals surface area contributed by atoms with Crippen LogP contribution in [0.15, 0.2) is 24.3 Å². The maximum atomic E-state index is 14.0. The molecular formula is C27H38N4O2. The zero-order valence-electron chi connectivity index (χ0n) is 21.0. The number of aromatic nitrogens is 2. The average molecular weight is 451 g/mol. The lowest BCUT2D eigenvalue weighted by molar-refractivity contribution is -0.127. The van der Waals surface area contributed by atoms with Crippen LogP contribution in [0, 0.1) is 13.8 Å². The van der Waals surface area contributed by atoms with E-state index in [2.05, 4.69) is 26.1 Å². The molecule has 0 unspecified atom stereocenters. The van der Waals surface area contributed by atoms with E-state index >= 15 is 0 Å². The second-order valence-corrected chi connectivity index (χ2v) is 11.1. The summed E-state index contributed by atoms with van der Waals surface area (Å²) >= 11 is 0. The molecule has 1 saturated carbocycles. The Balaban J connectivity index is 1.79. The van der Waals surface area contributed by atoms with E-state index in [1.54, 1.807) is 9.58 Å². The molecule has 2 aromatic rings. The molecule has 4 rings (SSSR count). The van der Waals surface area contributed by atoms with E-state index in [0.717, 1.165) is 48.2 Å². The number of anilines is 1. The zero-order valence-corrected chi connectivity index (χ0v) is 21.0. The highest BCUT2D eigenvalue weighted by Gasteiger charge is 2.50. The van der Waals surface area contributed by atoms with Crippen LogP contribution in [0.4, 0.5) is 5.69 Å². The Morgan fingerprint density at radius 2 is 1.79 bits per heavy atom. The normalized spacial score (nSPS) is 22.1. The summed E-state index contributed by atoms with van der Waals surface area (Å²) in [5.41, 5.74) is 3.05. The molecule has 1 fully saturated rings. The van der Waals surface area contributed by atoms with Crippen LogP contribution in [-0.2, 0) is 16.8 Å². The first kappa shape index (κ1) is 23.5. The Labute approximate surface area is 197 Å². The van der Waals surface area contributed by atoms with Crippen molar-refractivity contribution in [3.63, 3.8) is 0 Å². The lowest BCUT2D eigenvalue weighted by Crippen LogP contribution is -2.65. The van der Waals surface area contributed by atoms with Gasteiger partial charge >= 0.3 is 0 Å². The van der Waals surface area contributed by atoms with Gasteiger partial charge in [-0.3, -0.25) is 19.2 Å². The number of nitrogens with zero attached hydrogens (tertiary/aromatic N) is 3. The topological polar surface area (TPSA) is 67.2 Å². The monoisotopic (exact) mass is 450 g/mol. The maximum Gasteiger partial charge on any atom is 0.277 e. The molecule has 6 heteroatoms. The third-order valence-corrected chi connectivity index (χ3v) is 7.42. The van der Waals surface area contributed by atoms with E-state index in [1.165, 1.54) is 12.8 Å². The minimum atomic E-state index is -1.07. The average Bonchev–Trinajstić information content (AvgIpc) is 3.01. The summed E-state index contributed by atoms with van der Waals surface area (Å²) in [4.78, 5) is 29.6. The maximum absolute atomic E-state index is 14.0. The minimum Gasteiger partial charge on any atom is -0.351 e. The van der Waals surface area contributed by atoms with Crippen molar-refractivity contribution in [3.8, 4) is 0 Å². The Morgan fingerprint density at radius 1 is 1.12 bits per heavy atom. The number of hydrogen-bond acceptors (Lipinski definition) is 3. The van der Waals surface area contributed by atoms with Crippen LogP contribution < -0.4 is 10.2 Å². The number of benzene rings is 1. The van der Waals surface area contributed by atoms with E-state index in [9.17, 15) is 9.59 Å². The second-order valence-electron chi connectivity index (χ2n) is 11.1. The predicted molar refractivity (Wildman–Crippen MR) is 132 cm³/mol. The first-order valence-electron chi connectivity index (χ1n) is 12.3. The summed E-state index contributed by atoms with van der Waals surface area (Å²) in [6, 6.07) is 8.01. The van der Waals surface area contributed by atoms with Crippen LogP contribution in [0.25, 0.3) is 0 Å². The number of carbonyl (C=O) groups excluding carboxylic acids is 2. The van der Waals surface area contributed by atoms with Crippen molar-refractivity contribution in [1.29, 1.82) is 0 Å². The number of nitrogens with one attached hydrogen (secondary N) is 1. The molecule has 33 heavy (non-hydrogen) atoms. The van der Waals surface area contributed by atoms with E-state index in [1.807, 2.05) is 45.0 Å². The summed E-state index contributed by atoms with van der Waals surface area (Å²) in [6.07, 6.45) is 6.73. The zero-order chi connectivity index (χ0) is 24.0. The first-order chi connectivity index (χ1) is 15.5. The lowest BCUT2D eigenvalue weighted by atomic mass is 9.90. The smallest absolute Gasteiger partial charge is 0.277 e. The first-order valence-corrected chi connectivity index (χ1v) is 12.3. The van der Waals surface area contributed by atoms with Gasteiger partial charge in [-0.1, -0.05) is 58.6 Å². The molecule has 1 aromatic heterocycles. The highest BCUT2D eigenvalue weighted by molar-refractivity contribution is 6.12. The Morgan fingerprint density at radius 3 is 2.42 bits per heavy atom. The molecule has 1 N–H and O–H groups in total. The Hall–Kier alpha value is -2.63. The number of aryl methyl sites for hydroxylation is 1. The van der Waals surface area contributed by atoms with E-state index in [0.29, 0.717) is 12.2 Å². The summed E-state index contributed by atoms with van der Waals surface area (Å²) in [5, 5.41) is 8.09. The predicted octanol–water partition coefficient (Wildman–Crippen LogP) is 5.06. The van der Waals surface area contributed by atoms with Gasteiger partial charge in [0.2, 0.25) is 5.91 Å². The lowest BCUT2D eigenvalue weighted by Gasteiger charge is -2.44. The van der Waals surface area contributed by atoms with Crippen molar-refractivity contribution in [2.24, 2.45) is 0 Å². The molecule has 1 atom stereocenters. The van der Waals surface area contributed by atoms with Crippen LogP contribution in [0.2, 0.25) is 0 Å². The standard InChI is InChI=1S/C27H38N4O2/c1-18-12-11-15-21(19(18)2)31-24(32)22-16-23(26(3,4)5)29-30(22)17-27(31,6)25(33)28-20-13-9-7-8-10-14-20/h11-12,15-16,20H,7-10,13-14,17H2,1-6H3,(H,28,33)/t27-/m1/s1. The molecule has 0 radical (unpaired) electrons. The van der Waals surface area contributed by atoms with E-state index in [4.69, 9.17) is 5.10 Å². The number of amides is 2. The second kappa shape index (κ2) is 8.62. The Kier molecular flexibility index (Phi) is 6.14. The third kappa shape index (κ3) is 4.32. The van der Waals surface area contributed by atoms with Crippen molar-refractivity contribution in [3.05, 3.63) is 46.8 Å². The molecule has 6 nitrogen and oxygen atoms in total. The van der Waals surface area contributed by atoms with E-state index < -0.39 is 5.54 Å². The van der Waals surface area contributed by atoms with Crippen molar-refractivity contribution in [2.75, 3.05) is 4.90 Å². The van der Waals surface area contributed by atoms with Crippen LogP contribution in [0.1, 0.15) is 93.5 Å². The molecule has 0 saturated heterocycles. The molecule has 1 aromatic carbocycles. The summed E-state index contributed by atoms with van der Waals surface area (Å²) < 4.78 is 1.75. The van der Waals surface area contributed by atoms with E-state index in [-0.39, 0.29) is 23.3 Å². The highest BCUT2D eigenvalue weighted by atomic mass is 16.2. The van der Waals surface area contributed by atoms with Crippen molar-refractivity contribution < 1.29 is 9.59 Å². The van der Waals surface area contributed by atoms with Crippen LogP contribution in [-0.4, -0.2) is 33.2 Å². The van der Waals surface area contributed by atoms with Gasteiger partial charge in [-0.2, -0.15) is 5.10 Å². The molecule has 1 aliphatic heterocycles. The van der Waals surface area contributed by atoms with Gasteiger partial charge in [-0.05, 0) is 56.9 Å². The van der Waals surface area contributed by atoms with Crippen LogP contribution >= 0.6 is 0 Å². The summed E-state index contributed by atoms with van der Waals surface area (Å²) in [7, 11) is 0. The van der Waals surface area contributed by atoms with Crippen LogP contribution in [0.3, 0.4) is 0 Å². The Bertz CT molecular complexity index is 1060. The molecule has 0 bridgehead atoms. The third-order valence-electron chi connectivity index (χ3n) is 7.42. The molecule has 2 amide bonds. The fraction of sp³-hybridized carbons (Fsp3) is 0.593. The highest BCUT2D eigenvalue weighted by Crippen LogP contribution is 2.37. The largest absolute Gasteiger partial charge is 0.351 e. The van der Waals surface area contributed by atoms with Gasteiger partial charge in [0.1, 0.15) is 11.2 Å². The van der Waals surface area contributed by atoms with Crippen LogP contribution in [0.5, 0.6) is 0 Å². The molecule has 1 aliphatic carbocycles. The molecule has 2 heterocycles. The van der Waals surface area contributed by atoms with Gasteiger partial charge in [0, 0.05) is 17.1 Å². The van der Waals surface area contributed by atoms with Gasteiger partial charge in [0.15, 0.2) is 0 Å². The van der Waals surface area contributed by atoms with Gasteiger partial charge in [-0.15, -0.1) is 0 Å². The fourth-order valence-corrected chi connectivity index (χ4v) is 5.07. The quantitative estimate of drug-likeness (QED) is 0.665. The van der Waals surface area contributed by atoms with Gasteiger partial charge in [0.25, 0.3) is 5.91 Å². The number of rotatable bonds is 3. The SMILES string of the molecule is Cc1cccc(N2C(=O)c3cc(C(C)(C)C)nn3C[C@]2(C)C(=O)NC2CCCCCC2)c1C. The van der Waals surface area contributed by atoms with Crippen molar-refractivity contribution in [1.82, 2.24) is 15.1 Å². The number of fused-ring (bicyclic) bond motifs is 1. The van der Waals surface area contributed by atoms with Gasteiger partial charge < -0.3 is 5.32 Å². The number of hydrogen-bond donors (Lipinski definition) is 1. The summed E-state index contributed by atoms with van der Waals surface area (Å²) in [5.74, 6) is -0.265. The van der Waals surface area contributed by atoms with Crippen molar-refractivity contribution in [2.45, 2.75) is 104 Å². The minimum absolute atomic E-state index is 0.0953. The fourth-order valence-electron chi connectivity index (χ4n) is 5.07. The van der Waals surface area contributed by atoms with Gasteiger partial charge in [0.05, 0.1) is 12.2 Å². The van der Waals surface area contributed by atoms with Gasteiger partial charge in [-0.25, -0.2) is 0 Å². The summed E-state index contributed by atoms with van der Waals surface area (Å²) in [6.45, 7) is 12.5. The molecule has 0 spiro atoms. The molecular weight excluding hydrogens is 412 g/mol. The van der Waals surface area contributed by atoms with Crippen molar-refractivity contribution >= 4 is 17.5 Å².